The molecule has 0 unspecified atom stereocenters. The number of hydrogen-bond acceptors (Lipinski definition) is 8. The molecule has 0 spiro atoms. The second kappa shape index (κ2) is 8.08. The molecule has 0 atom stereocenters. The Labute approximate surface area is 180 Å². The molecule has 1 saturated heterocycles. The maximum atomic E-state index is 13.5. The van der Waals surface area contributed by atoms with E-state index < -0.39 is 9.84 Å². The van der Waals surface area contributed by atoms with Crippen LogP contribution in [0, 0.1) is 20.8 Å². The van der Waals surface area contributed by atoms with Crippen molar-refractivity contribution in [3.05, 3.63) is 34.9 Å². The van der Waals surface area contributed by atoms with Gasteiger partial charge in [-0.1, -0.05) is 5.16 Å². The molecule has 0 aromatic carbocycles. The van der Waals surface area contributed by atoms with E-state index in [1.165, 1.54) is 6.26 Å². The molecule has 1 aliphatic rings. The molecule has 1 aliphatic heterocycles. The molecule has 4 heterocycles. The van der Waals surface area contributed by atoms with Crippen molar-refractivity contribution in [1.29, 1.82) is 0 Å². The number of carbonyl (C=O) groups is 1. The van der Waals surface area contributed by atoms with Crippen molar-refractivity contribution in [3.63, 3.8) is 0 Å². The largest absolute Gasteiger partial charge is 0.466 e. The monoisotopic (exact) mass is 446 g/mol. The first-order chi connectivity index (χ1) is 14.6. The van der Waals surface area contributed by atoms with Gasteiger partial charge in [-0.2, -0.15) is 0 Å². The lowest BCUT2D eigenvalue weighted by Gasteiger charge is -2.34. The molecule has 0 radical (unpaired) electrons. The highest BCUT2D eigenvalue weighted by Gasteiger charge is 2.27. The summed E-state index contributed by atoms with van der Waals surface area (Å²) in [5, 5.41) is 4.63. The third kappa shape index (κ3) is 4.49. The summed E-state index contributed by atoms with van der Waals surface area (Å²) in [6, 6.07) is 3.67. The predicted octanol–water partition coefficient (Wildman–Crippen LogP) is 2.21. The van der Waals surface area contributed by atoms with Gasteiger partial charge >= 0.3 is 0 Å². The van der Waals surface area contributed by atoms with E-state index in [0.29, 0.717) is 60.8 Å². The van der Waals surface area contributed by atoms with Crippen LogP contribution in [0.4, 0.5) is 0 Å². The molecule has 0 aliphatic carbocycles. The van der Waals surface area contributed by atoms with Crippen LogP contribution in [0.5, 0.6) is 0 Å². The molecule has 4 rings (SSSR count). The minimum atomic E-state index is -3.01. The van der Waals surface area contributed by atoms with Crippen LogP contribution in [0.1, 0.15) is 27.6 Å². The number of furan rings is 1. The topological polar surface area (TPSA) is 110 Å². The van der Waals surface area contributed by atoms with Gasteiger partial charge in [-0.05, 0) is 32.9 Å². The van der Waals surface area contributed by atoms with Gasteiger partial charge < -0.3 is 13.8 Å². The summed E-state index contributed by atoms with van der Waals surface area (Å²) >= 11 is 0. The Bertz CT molecular complexity index is 1240. The summed E-state index contributed by atoms with van der Waals surface area (Å²) in [4.78, 5) is 21.9. The molecular weight excluding hydrogens is 420 g/mol. The number of aryl methyl sites for hydroxylation is 3. The summed E-state index contributed by atoms with van der Waals surface area (Å²) in [6.45, 7) is 8.30. The number of nitrogens with zero attached hydrogens (tertiary/aromatic N) is 4. The Kier molecular flexibility index (Phi) is 5.61. The van der Waals surface area contributed by atoms with Crippen LogP contribution in [0.15, 0.2) is 21.1 Å². The molecule has 31 heavy (non-hydrogen) atoms. The number of piperazine rings is 1. The SMILES string of the molecule is Cc1cc(-c2cc(C(=O)N3CCN(CCS(C)(=O)=O)CC3)c3c(C)noc3n2)c(C)o1. The highest BCUT2D eigenvalue weighted by Crippen LogP contribution is 2.31. The van der Waals surface area contributed by atoms with Gasteiger partial charge in [-0.3, -0.25) is 9.69 Å². The van der Waals surface area contributed by atoms with E-state index in [0.717, 1.165) is 17.1 Å². The average molecular weight is 447 g/mol. The van der Waals surface area contributed by atoms with Gasteiger partial charge in [0.2, 0.25) is 0 Å². The second-order valence-corrected chi connectivity index (χ2v) is 10.4. The van der Waals surface area contributed by atoms with Crippen molar-refractivity contribution >= 4 is 26.8 Å². The molecular formula is C21H26N4O5S. The van der Waals surface area contributed by atoms with E-state index in [1.807, 2.05) is 19.9 Å². The zero-order chi connectivity index (χ0) is 22.3. The van der Waals surface area contributed by atoms with Crippen molar-refractivity contribution in [2.24, 2.45) is 0 Å². The summed E-state index contributed by atoms with van der Waals surface area (Å²) in [7, 11) is -3.01. The first-order valence-electron chi connectivity index (χ1n) is 10.2. The number of rotatable bonds is 5. The van der Waals surface area contributed by atoms with Crippen LogP contribution in [-0.4, -0.2) is 79.0 Å². The molecule has 0 N–H and O–H groups in total. The number of hydrogen-bond donors (Lipinski definition) is 0. The maximum absolute atomic E-state index is 13.5. The van der Waals surface area contributed by atoms with Gasteiger partial charge in [0.15, 0.2) is 0 Å². The minimum Gasteiger partial charge on any atom is -0.466 e. The van der Waals surface area contributed by atoms with Gasteiger partial charge in [0, 0.05) is 44.5 Å². The van der Waals surface area contributed by atoms with Crippen LogP contribution in [0.3, 0.4) is 0 Å². The standard InChI is InChI=1S/C21H26N4O5S/c1-13-11-16(15(3)29-13)18-12-17(19-14(2)23-30-20(19)22-18)21(26)25-7-5-24(6-8-25)9-10-31(4,27)28/h11-12H,5-10H2,1-4H3. The molecule has 1 amide bonds. The zero-order valence-corrected chi connectivity index (χ0v) is 19.0. The van der Waals surface area contributed by atoms with E-state index in [4.69, 9.17) is 8.94 Å². The average Bonchev–Trinajstić information content (AvgIpc) is 3.26. The van der Waals surface area contributed by atoms with E-state index in [2.05, 4.69) is 15.0 Å². The Morgan fingerprint density at radius 2 is 1.84 bits per heavy atom. The molecule has 1 fully saturated rings. The first kappa shape index (κ1) is 21.5. The Balaban J connectivity index is 1.61. The quantitative estimate of drug-likeness (QED) is 0.587. The molecule has 9 nitrogen and oxygen atoms in total. The number of pyridine rings is 1. The highest BCUT2D eigenvalue weighted by atomic mass is 32.2. The van der Waals surface area contributed by atoms with Crippen molar-refractivity contribution in [2.75, 3.05) is 44.7 Å². The van der Waals surface area contributed by atoms with Crippen molar-refractivity contribution in [1.82, 2.24) is 19.9 Å². The molecule has 166 valence electrons. The Morgan fingerprint density at radius 3 is 2.45 bits per heavy atom. The predicted molar refractivity (Wildman–Crippen MR) is 116 cm³/mol. The highest BCUT2D eigenvalue weighted by molar-refractivity contribution is 7.90. The maximum Gasteiger partial charge on any atom is 0.259 e. The van der Waals surface area contributed by atoms with Crippen LogP contribution < -0.4 is 0 Å². The van der Waals surface area contributed by atoms with Gasteiger partial charge in [0.05, 0.1) is 28.1 Å². The molecule has 3 aromatic heterocycles. The fourth-order valence-corrected chi connectivity index (χ4v) is 4.52. The normalized spacial score (nSPS) is 15.7. The molecule has 3 aromatic rings. The molecule has 0 bridgehead atoms. The number of sulfone groups is 1. The van der Waals surface area contributed by atoms with Crippen LogP contribution in [0.25, 0.3) is 22.4 Å². The summed E-state index contributed by atoms with van der Waals surface area (Å²) in [5.74, 6) is 1.50. The third-order valence-electron chi connectivity index (χ3n) is 5.60. The first-order valence-corrected chi connectivity index (χ1v) is 12.2. The van der Waals surface area contributed by atoms with E-state index in [1.54, 1.807) is 17.9 Å². The van der Waals surface area contributed by atoms with E-state index >= 15 is 0 Å². The minimum absolute atomic E-state index is 0.111. The Morgan fingerprint density at radius 1 is 1.13 bits per heavy atom. The summed E-state index contributed by atoms with van der Waals surface area (Å²) in [5.41, 5.74) is 2.86. The lowest BCUT2D eigenvalue weighted by Crippen LogP contribution is -2.49. The van der Waals surface area contributed by atoms with Crippen LogP contribution >= 0.6 is 0 Å². The van der Waals surface area contributed by atoms with Crippen molar-refractivity contribution in [2.45, 2.75) is 20.8 Å². The number of fused-ring (bicyclic) bond motifs is 1. The van der Waals surface area contributed by atoms with Crippen molar-refractivity contribution in [3.8, 4) is 11.3 Å². The lowest BCUT2D eigenvalue weighted by atomic mass is 10.0. The summed E-state index contributed by atoms with van der Waals surface area (Å²) < 4.78 is 33.9. The van der Waals surface area contributed by atoms with Crippen molar-refractivity contribution < 1.29 is 22.2 Å². The van der Waals surface area contributed by atoms with E-state index in [9.17, 15) is 13.2 Å². The lowest BCUT2D eigenvalue weighted by molar-refractivity contribution is 0.0646. The van der Waals surface area contributed by atoms with Gasteiger partial charge in [0.25, 0.3) is 11.6 Å². The smallest absolute Gasteiger partial charge is 0.259 e. The van der Waals surface area contributed by atoms with Gasteiger partial charge in [0.1, 0.15) is 21.4 Å². The second-order valence-electron chi connectivity index (χ2n) is 8.09. The number of aromatic nitrogens is 2. The molecule has 0 saturated carbocycles. The Hall–Kier alpha value is -2.72. The number of carbonyl (C=O) groups excluding carboxylic acids is 1. The fourth-order valence-electron chi connectivity index (χ4n) is 3.93. The summed E-state index contributed by atoms with van der Waals surface area (Å²) in [6.07, 6.45) is 1.24. The van der Waals surface area contributed by atoms with Gasteiger partial charge in [-0.15, -0.1) is 0 Å². The number of amides is 1. The zero-order valence-electron chi connectivity index (χ0n) is 18.1. The third-order valence-corrected chi connectivity index (χ3v) is 6.53. The van der Waals surface area contributed by atoms with E-state index in [-0.39, 0.29) is 11.7 Å². The van der Waals surface area contributed by atoms with Crippen LogP contribution in [0.2, 0.25) is 0 Å². The van der Waals surface area contributed by atoms with Gasteiger partial charge in [-0.25, -0.2) is 13.4 Å². The van der Waals surface area contributed by atoms with Crippen LogP contribution in [-0.2, 0) is 9.84 Å². The fraction of sp³-hybridized carbons (Fsp3) is 0.476. The molecule has 10 heteroatoms.